The molecule has 0 saturated carbocycles. The van der Waals surface area contributed by atoms with Crippen LogP contribution in [0.3, 0.4) is 0 Å². The molecule has 0 unspecified atom stereocenters. The number of benzene rings is 1. The van der Waals surface area contributed by atoms with Crippen molar-refractivity contribution in [3.63, 3.8) is 0 Å². The Labute approximate surface area is 124 Å². The van der Waals surface area contributed by atoms with Crippen molar-refractivity contribution in [2.45, 2.75) is 26.8 Å². The summed E-state index contributed by atoms with van der Waals surface area (Å²) >= 11 is 0. The lowest BCUT2D eigenvalue weighted by molar-refractivity contribution is -0.690. The van der Waals surface area contributed by atoms with Crippen LogP contribution in [0.15, 0.2) is 42.6 Å². The molecule has 4 nitrogen and oxygen atoms in total. The topological polar surface area (TPSA) is 56.8 Å². The Kier molecular flexibility index (Phi) is 4.68. The Morgan fingerprint density at radius 1 is 1.33 bits per heavy atom. The van der Waals surface area contributed by atoms with Crippen molar-refractivity contribution in [2.75, 3.05) is 5.32 Å². The molecule has 0 atom stereocenters. The predicted molar refractivity (Wildman–Crippen MR) is 80.5 cm³/mol. The third kappa shape index (κ3) is 3.90. The number of anilines is 1. The van der Waals surface area contributed by atoms with Crippen LogP contribution >= 0.6 is 0 Å². The number of aryl methyl sites for hydroxylation is 2. The van der Waals surface area contributed by atoms with Gasteiger partial charge >= 0.3 is 0 Å². The maximum absolute atomic E-state index is 12.1. The summed E-state index contributed by atoms with van der Waals surface area (Å²) in [5.74, 6) is -0.105. The summed E-state index contributed by atoms with van der Waals surface area (Å²) in [4.78, 5) is 12.1. The van der Waals surface area contributed by atoms with E-state index in [9.17, 15) is 4.79 Å². The molecule has 0 aliphatic heterocycles. The molecule has 1 amide bonds. The van der Waals surface area contributed by atoms with Gasteiger partial charge in [0.25, 0.3) is 5.91 Å². The minimum absolute atomic E-state index is 0.105. The van der Waals surface area contributed by atoms with Gasteiger partial charge in [0, 0.05) is 24.2 Å². The zero-order valence-electron chi connectivity index (χ0n) is 12.3. The van der Waals surface area contributed by atoms with Gasteiger partial charge in [-0.2, -0.15) is 9.83 Å². The molecule has 2 aromatic rings. The number of carbonyl (C=O) groups excluding carboxylic acids is 1. The van der Waals surface area contributed by atoms with Gasteiger partial charge in [-0.3, -0.25) is 4.79 Å². The number of nitrogens with one attached hydrogen (secondary N) is 1. The van der Waals surface area contributed by atoms with Crippen molar-refractivity contribution < 1.29 is 9.36 Å². The second kappa shape index (κ2) is 6.67. The van der Waals surface area contributed by atoms with E-state index in [-0.39, 0.29) is 12.5 Å². The normalized spacial score (nSPS) is 9.95. The van der Waals surface area contributed by atoms with Crippen LogP contribution in [0, 0.1) is 18.3 Å². The van der Waals surface area contributed by atoms with Crippen LogP contribution in [-0.2, 0) is 17.8 Å². The average molecular weight is 280 g/mol. The summed E-state index contributed by atoms with van der Waals surface area (Å²) in [7, 11) is 0. The highest BCUT2D eigenvalue weighted by molar-refractivity contribution is 5.89. The molecule has 0 spiro atoms. The van der Waals surface area contributed by atoms with Crippen molar-refractivity contribution >= 4 is 11.6 Å². The second-order valence-electron chi connectivity index (χ2n) is 4.90. The summed E-state index contributed by atoms with van der Waals surface area (Å²) in [5.41, 5.74) is 3.40. The molecule has 0 aliphatic carbocycles. The summed E-state index contributed by atoms with van der Waals surface area (Å²) in [5, 5.41) is 11.7. The minimum atomic E-state index is -0.105. The van der Waals surface area contributed by atoms with Crippen LogP contribution in [0.2, 0.25) is 0 Å². The van der Waals surface area contributed by atoms with Crippen LogP contribution in [0.1, 0.15) is 23.7 Å². The van der Waals surface area contributed by atoms with Crippen LogP contribution in [0.5, 0.6) is 0 Å². The van der Waals surface area contributed by atoms with Crippen molar-refractivity contribution in [1.82, 2.24) is 0 Å². The first-order chi connectivity index (χ1) is 10.1. The molecule has 0 saturated heterocycles. The number of nitriles is 1. The molecule has 21 heavy (non-hydrogen) atoms. The van der Waals surface area contributed by atoms with Gasteiger partial charge in [0.15, 0.2) is 11.9 Å². The first-order valence-electron chi connectivity index (χ1n) is 6.91. The second-order valence-corrected chi connectivity index (χ2v) is 4.90. The molecule has 106 valence electrons. The number of pyridine rings is 1. The molecule has 1 heterocycles. The van der Waals surface area contributed by atoms with Gasteiger partial charge in [-0.05, 0) is 30.7 Å². The largest absolute Gasteiger partial charge is 0.321 e. The Bertz CT molecular complexity index is 701. The SMILES string of the molecule is CCc1ccc(C)[n+](CC(=O)Nc2cccc(C#N)c2)c1. The van der Waals surface area contributed by atoms with Crippen molar-refractivity contribution in [3.8, 4) is 6.07 Å². The smallest absolute Gasteiger partial charge is 0.290 e. The first-order valence-corrected chi connectivity index (χ1v) is 6.91. The highest BCUT2D eigenvalue weighted by Gasteiger charge is 2.13. The lowest BCUT2D eigenvalue weighted by Gasteiger charge is -2.05. The molecule has 0 radical (unpaired) electrons. The molecule has 0 aliphatic rings. The molecule has 1 aromatic heterocycles. The standard InChI is InChI=1S/C17H17N3O/c1-3-14-8-7-13(2)20(11-14)12-17(21)19-16-6-4-5-15(9-16)10-18/h4-9,11H,3,12H2,1-2H3/p+1. The van der Waals surface area contributed by atoms with E-state index in [4.69, 9.17) is 5.26 Å². The van der Waals surface area contributed by atoms with E-state index >= 15 is 0 Å². The van der Waals surface area contributed by atoms with Crippen LogP contribution < -0.4 is 9.88 Å². The summed E-state index contributed by atoms with van der Waals surface area (Å²) in [6.07, 6.45) is 2.94. The maximum Gasteiger partial charge on any atom is 0.290 e. The van der Waals surface area contributed by atoms with Crippen LogP contribution in [0.4, 0.5) is 5.69 Å². The van der Waals surface area contributed by atoms with Crippen LogP contribution in [0.25, 0.3) is 0 Å². The van der Waals surface area contributed by atoms with Gasteiger partial charge in [-0.25, -0.2) is 0 Å². The zero-order chi connectivity index (χ0) is 15.2. The van der Waals surface area contributed by atoms with Gasteiger partial charge in [0.1, 0.15) is 0 Å². The fourth-order valence-electron chi connectivity index (χ4n) is 2.07. The van der Waals surface area contributed by atoms with Crippen LogP contribution in [-0.4, -0.2) is 5.91 Å². The number of rotatable bonds is 4. The van der Waals surface area contributed by atoms with Gasteiger partial charge in [0.2, 0.25) is 6.54 Å². The highest BCUT2D eigenvalue weighted by Crippen LogP contribution is 2.09. The Hall–Kier alpha value is -2.67. The lowest BCUT2D eigenvalue weighted by atomic mass is 10.2. The van der Waals surface area contributed by atoms with E-state index in [1.54, 1.807) is 24.3 Å². The number of carbonyl (C=O) groups is 1. The van der Waals surface area contributed by atoms with E-state index in [1.165, 1.54) is 5.56 Å². The molecule has 2 rings (SSSR count). The number of nitrogens with zero attached hydrogens (tertiary/aromatic N) is 2. The van der Waals surface area contributed by atoms with Gasteiger partial charge in [0.05, 0.1) is 11.6 Å². The Morgan fingerprint density at radius 2 is 2.14 bits per heavy atom. The third-order valence-electron chi connectivity index (χ3n) is 3.31. The maximum atomic E-state index is 12.1. The summed E-state index contributed by atoms with van der Waals surface area (Å²) in [6, 6.07) is 13.0. The van der Waals surface area contributed by atoms with E-state index in [2.05, 4.69) is 24.4 Å². The zero-order valence-corrected chi connectivity index (χ0v) is 12.3. The number of aromatic nitrogens is 1. The number of hydrogen-bond acceptors (Lipinski definition) is 2. The van der Waals surface area contributed by atoms with E-state index in [0.717, 1.165) is 12.1 Å². The van der Waals surface area contributed by atoms with Crippen molar-refractivity contribution in [3.05, 3.63) is 59.4 Å². The number of hydrogen-bond donors (Lipinski definition) is 1. The molecule has 1 N–H and O–H groups in total. The summed E-state index contributed by atoms with van der Waals surface area (Å²) < 4.78 is 1.93. The molecule has 4 heteroatoms. The van der Waals surface area contributed by atoms with E-state index in [1.807, 2.05) is 23.8 Å². The number of amides is 1. The van der Waals surface area contributed by atoms with Gasteiger partial charge < -0.3 is 5.32 Å². The van der Waals surface area contributed by atoms with E-state index in [0.29, 0.717) is 11.3 Å². The Morgan fingerprint density at radius 3 is 2.86 bits per heavy atom. The Balaban J connectivity index is 2.10. The molecule has 0 bridgehead atoms. The third-order valence-corrected chi connectivity index (χ3v) is 3.31. The minimum Gasteiger partial charge on any atom is -0.321 e. The highest BCUT2D eigenvalue weighted by atomic mass is 16.1. The van der Waals surface area contributed by atoms with Crippen molar-refractivity contribution in [2.24, 2.45) is 0 Å². The van der Waals surface area contributed by atoms with Gasteiger partial charge in [-0.1, -0.05) is 13.0 Å². The molecular formula is C17H18N3O+. The first kappa shape index (κ1) is 14.7. The monoisotopic (exact) mass is 280 g/mol. The lowest BCUT2D eigenvalue weighted by Crippen LogP contribution is -2.43. The quantitative estimate of drug-likeness (QED) is 0.874. The fraction of sp³-hybridized carbons (Fsp3) is 0.235. The van der Waals surface area contributed by atoms with Gasteiger partial charge in [-0.15, -0.1) is 0 Å². The average Bonchev–Trinajstić information content (AvgIpc) is 2.49. The molecular weight excluding hydrogens is 262 g/mol. The molecule has 0 fully saturated rings. The molecule has 1 aromatic carbocycles. The van der Waals surface area contributed by atoms with Crippen molar-refractivity contribution in [1.29, 1.82) is 5.26 Å². The predicted octanol–water partition coefficient (Wildman–Crippen LogP) is 2.36. The fourth-order valence-corrected chi connectivity index (χ4v) is 2.07. The summed E-state index contributed by atoms with van der Waals surface area (Å²) in [6.45, 7) is 4.32. The van der Waals surface area contributed by atoms with E-state index < -0.39 is 0 Å².